The van der Waals surface area contributed by atoms with Gasteiger partial charge in [0.05, 0.1) is 19.3 Å². The molecule has 2 rings (SSSR count). The minimum atomic E-state index is -0.431. The summed E-state index contributed by atoms with van der Waals surface area (Å²) in [4.78, 5) is 4.60. The number of aliphatic hydroxyl groups excluding tert-OH is 1. The van der Waals surface area contributed by atoms with Gasteiger partial charge in [-0.2, -0.15) is 0 Å². The number of hydrogen-bond acceptors (Lipinski definition) is 5. The van der Waals surface area contributed by atoms with Crippen molar-refractivity contribution in [2.75, 3.05) is 59.6 Å². The van der Waals surface area contributed by atoms with Gasteiger partial charge in [0.2, 0.25) is 0 Å². The highest BCUT2D eigenvalue weighted by atomic mass is 16.5. The van der Waals surface area contributed by atoms with E-state index < -0.39 is 6.10 Å². The normalized spacial score (nSPS) is 18.1. The van der Waals surface area contributed by atoms with Crippen LogP contribution in [0, 0.1) is 13.8 Å². The molecule has 5 nitrogen and oxygen atoms in total. The lowest BCUT2D eigenvalue weighted by atomic mass is 10.1. The van der Waals surface area contributed by atoms with Crippen molar-refractivity contribution in [3.05, 3.63) is 29.3 Å². The number of aliphatic hydroxyl groups is 1. The van der Waals surface area contributed by atoms with E-state index in [4.69, 9.17) is 9.47 Å². The minimum absolute atomic E-state index is 0.364. The molecule has 0 spiro atoms. The van der Waals surface area contributed by atoms with Gasteiger partial charge in [0, 0.05) is 32.7 Å². The summed E-state index contributed by atoms with van der Waals surface area (Å²) in [6.45, 7) is 10.4. The van der Waals surface area contributed by atoms with E-state index in [2.05, 4.69) is 36.8 Å². The summed E-state index contributed by atoms with van der Waals surface area (Å²) in [6, 6.07) is 6.08. The van der Waals surface area contributed by atoms with Crippen molar-refractivity contribution in [1.29, 1.82) is 0 Å². The Morgan fingerprint density at radius 3 is 2.52 bits per heavy atom. The third-order valence-electron chi connectivity index (χ3n) is 4.35. The molecule has 1 fully saturated rings. The Bertz CT molecular complexity index is 473. The van der Waals surface area contributed by atoms with Gasteiger partial charge in [-0.05, 0) is 44.2 Å². The van der Waals surface area contributed by atoms with Gasteiger partial charge < -0.3 is 19.5 Å². The average molecular weight is 322 g/mol. The van der Waals surface area contributed by atoms with Gasteiger partial charge in [0.25, 0.3) is 0 Å². The van der Waals surface area contributed by atoms with E-state index in [0.717, 1.165) is 31.9 Å². The van der Waals surface area contributed by atoms with Crippen LogP contribution >= 0.6 is 0 Å². The van der Waals surface area contributed by atoms with Crippen molar-refractivity contribution < 1.29 is 14.6 Å². The van der Waals surface area contributed by atoms with E-state index in [1.54, 1.807) is 0 Å². The number of likely N-dealkylation sites (N-methyl/N-ethyl adjacent to an activating group) is 1. The smallest absolute Gasteiger partial charge is 0.119 e. The predicted octanol–water partition coefficient (Wildman–Crippen LogP) is 1.31. The van der Waals surface area contributed by atoms with Crippen LogP contribution < -0.4 is 4.74 Å². The predicted molar refractivity (Wildman–Crippen MR) is 92.2 cm³/mol. The average Bonchev–Trinajstić information content (AvgIpc) is 2.53. The molecular weight excluding hydrogens is 292 g/mol. The Morgan fingerprint density at radius 1 is 1.09 bits per heavy atom. The minimum Gasteiger partial charge on any atom is -0.491 e. The van der Waals surface area contributed by atoms with Crippen molar-refractivity contribution in [3.8, 4) is 5.75 Å². The van der Waals surface area contributed by atoms with Gasteiger partial charge >= 0.3 is 0 Å². The zero-order valence-electron chi connectivity index (χ0n) is 14.6. The molecule has 0 bridgehead atoms. The number of piperazine rings is 1. The Hall–Kier alpha value is -1.14. The second-order valence-corrected chi connectivity index (χ2v) is 6.43. The first kappa shape index (κ1) is 18.2. The number of β-amino-alcohol motifs (C(OH)–C–C–N with tert-alkyl or cyclic N) is 1. The Labute approximate surface area is 139 Å². The largest absolute Gasteiger partial charge is 0.491 e. The number of nitrogens with zero attached hydrogens (tertiary/aromatic N) is 2. The zero-order valence-corrected chi connectivity index (χ0v) is 14.6. The van der Waals surface area contributed by atoms with Gasteiger partial charge in [0.1, 0.15) is 12.4 Å². The number of rotatable bonds is 8. The van der Waals surface area contributed by atoms with Gasteiger partial charge in [-0.25, -0.2) is 0 Å². The van der Waals surface area contributed by atoms with Crippen LogP contribution in [0.3, 0.4) is 0 Å². The van der Waals surface area contributed by atoms with Gasteiger partial charge in [-0.3, -0.25) is 4.90 Å². The number of aryl methyl sites for hydroxylation is 2. The Balaban J connectivity index is 1.55. The molecule has 0 saturated carbocycles. The molecule has 1 saturated heterocycles. The molecule has 1 N–H and O–H groups in total. The SMILES string of the molecule is Cc1ccc(OCCOC[C@@H](O)CN2CCN(C)CC2)cc1C. The molecule has 1 atom stereocenters. The van der Waals surface area contributed by atoms with Crippen LogP contribution in [-0.2, 0) is 4.74 Å². The summed E-state index contributed by atoms with van der Waals surface area (Å²) in [7, 11) is 2.13. The van der Waals surface area contributed by atoms with Crippen LogP contribution in [0.15, 0.2) is 18.2 Å². The fraction of sp³-hybridized carbons (Fsp3) is 0.667. The lowest BCUT2D eigenvalue weighted by molar-refractivity contribution is 0.00149. The lowest BCUT2D eigenvalue weighted by Gasteiger charge is -2.33. The maximum absolute atomic E-state index is 10.0. The van der Waals surface area contributed by atoms with Crippen LogP contribution in [0.5, 0.6) is 5.75 Å². The molecule has 1 aromatic rings. The van der Waals surface area contributed by atoms with E-state index in [9.17, 15) is 5.11 Å². The van der Waals surface area contributed by atoms with Gasteiger partial charge in [-0.1, -0.05) is 6.07 Å². The number of hydrogen-bond donors (Lipinski definition) is 1. The molecule has 0 aromatic heterocycles. The molecule has 5 heteroatoms. The van der Waals surface area contributed by atoms with Gasteiger partial charge in [0.15, 0.2) is 0 Å². The maximum Gasteiger partial charge on any atom is 0.119 e. The fourth-order valence-electron chi connectivity index (χ4n) is 2.62. The maximum atomic E-state index is 10.0. The van der Waals surface area contributed by atoms with Gasteiger partial charge in [-0.15, -0.1) is 0 Å². The molecule has 0 amide bonds. The molecular formula is C18H30N2O3. The van der Waals surface area contributed by atoms with Crippen LogP contribution in [0.25, 0.3) is 0 Å². The van der Waals surface area contributed by atoms with Crippen molar-refractivity contribution in [3.63, 3.8) is 0 Å². The summed E-state index contributed by atoms with van der Waals surface area (Å²) >= 11 is 0. The van der Waals surface area contributed by atoms with Crippen LogP contribution in [0.1, 0.15) is 11.1 Å². The summed E-state index contributed by atoms with van der Waals surface area (Å²) in [5, 5.41) is 10.0. The quantitative estimate of drug-likeness (QED) is 0.731. The molecule has 0 aliphatic carbocycles. The third kappa shape index (κ3) is 6.47. The van der Waals surface area contributed by atoms with Crippen molar-refractivity contribution >= 4 is 0 Å². The third-order valence-corrected chi connectivity index (χ3v) is 4.35. The first-order valence-electron chi connectivity index (χ1n) is 8.41. The van der Waals surface area contributed by atoms with E-state index in [1.165, 1.54) is 11.1 Å². The van der Waals surface area contributed by atoms with E-state index in [0.29, 0.717) is 26.4 Å². The molecule has 0 radical (unpaired) electrons. The van der Waals surface area contributed by atoms with E-state index in [-0.39, 0.29) is 0 Å². The Kier molecular flexibility index (Phi) is 7.30. The lowest BCUT2D eigenvalue weighted by Crippen LogP contribution is -2.47. The monoisotopic (exact) mass is 322 g/mol. The highest BCUT2D eigenvalue weighted by molar-refractivity contribution is 5.33. The zero-order chi connectivity index (χ0) is 16.7. The van der Waals surface area contributed by atoms with Crippen LogP contribution in [0.2, 0.25) is 0 Å². The van der Waals surface area contributed by atoms with Crippen LogP contribution in [-0.4, -0.2) is 80.6 Å². The fourth-order valence-corrected chi connectivity index (χ4v) is 2.62. The Morgan fingerprint density at radius 2 is 1.83 bits per heavy atom. The number of ether oxygens (including phenoxy) is 2. The molecule has 23 heavy (non-hydrogen) atoms. The molecule has 1 heterocycles. The standard InChI is InChI=1S/C18H30N2O3/c1-15-4-5-18(12-16(15)2)23-11-10-22-14-17(21)13-20-8-6-19(3)7-9-20/h4-5,12,17,21H,6-11,13-14H2,1-3H3/t17-/m0/s1. The molecule has 1 aliphatic heterocycles. The number of benzene rings is 1. The first-order valence-corrected chi connectivity index (χ1v) is 8.41. The molecule has 1 aliphatic rings. The van der Waals surface area contributed by atoms with Crippen LogP contribution in [0.4, 0.5) is 0 Å². The second kappa shape index (κ2) is 9.23. The molecule has 130 valence electrons. The molecule has 1 aromatic carbocycles. The highest BCUT2D eigenvalue weighted by Gasteiger charge is 2.16. The molecule has 0 unspecified atom stereocenters. The van der Waals surface area contributed by atoms with Crippen molar-refractivity contribution in [2.24, 2.45) is 0 Å². The highest BCUT2D eigenvalue weighted by Crippen LogP contribution is 2.16. The summed E-state index contributed by atoms with van der Waals surface area (Å²) in [6.07, 6.45) is -0.431. The van der Waals surface area contributed by atoms with E-state index >= 15 is 0 Å². The summed E-state index contributed by atoms with van der Waals surface area (Å²) in [5.41, 5.74) is 2.49. The first-order chi connectivity index (χ1) is 11.0. The van der Waals surface area contributed by atoms with Crippen molar-refractivity contribution in [1.82, 2.24) is 9.80 Å². The van der Waals surface area contributed by atoms with E-state index in [1.807, 2.05) is 12.1 Å². The second-order valence-electron chi connectivity index (χ2n) is 6.43. The summed E-state index contributed by atoms with van der Waals surface area (Å²) < 4.78 is 11.2. The van der Waals surface area contributed by atoms with Crippen molar-refractivity contribution in [2.45, 2.75) is 20.0 Å². The topological polar surface area (TPSA) is 45.2 Å². The summed E-state index contributed by atoms with van der Waals surface area (Å²) in [5.74, 6) is 0.870.